The third-order valence-electron chi connectivity index (χ3n) is 6.80. The number of morpholine rings is 1. The van der Waals surface area contributed by atoms with Crippen molar-refractivity contribution in [3.63, 3.8) is 0 Å². The van der Waals surface area contributed by atoms with Crippen LogP contribution in [0.15, 0.2) is 41.1 Å². The number of aromatic nitrogens is 3. The summed E-state index contributed by atoms with van der Waals surface area (Å²) >= 11 is 0. The topological polar surface area (TPSA) is 105 Å². The number of rotatable bonds is 5. The summed E-state index contributed by atoms with van der Waals surface area (Å²) in [5.41, 5.74) is 2.91. The number of oxazole rings is 1. The van der Waals surface area contributed by atoms with Crippen molar-refractivity contribution in [2.45, 2.75) is 26.4 Å². The minimum absolute atomic E-state index is 0.0158. The first-order valence-corrected chi connectivity index (χ1v) is 11.8. The van der Waals surface area contributed by atoms with Gasteiger partial charge in [0.1, 0.15) is 17.2 Å². The molecule has 9 heteroatoms. The van der Waals surface area contributed by atoms with Crippen molar-refractivity contribution in [2.24, 2.45) is 11.8 Å². The second-order valence-electron chi connectivity index (χ2n) is 9.37. The molecule has 6 rings (SSSR count). The fourth-order valence-electron chi connectivity index (χ4n) is 4.66. The van der Waals surface area contributed by atoms with E-state index in [0.717, 1.165) is 25.2 Å². The molecule has 1 saturated heterocycles. The lowest BCUT2D eigenvalue weighted by Crippen LogP contribution is -2.41. The normalized spacial score (nSPS) is 23.5. The standard InChI is InChI=1S/C26H28N6O3/c1-14-8-17(14)25(33)31-23-10-18-19(11-28-23)24(27-3)29-12-20(18)26-30-21-9-16(4-5-22(21)35-26)32-6-7-34-15(2)13-32/h4-5,9-12,14-15,17H,6-8,13H2,1-3H3,(H,27,29)(H,28,31,33)/t14?,15-,17?/m1/s1/i3D3. The fourth-order valence-corrected chi connectivity index (χ4v) is 4.66. The summed E-state index contributed by atoms with van der Waals surface area (Å²) in [6.07, 6.45) is 4.04. The van der Waals surface area contributed by atoms with Gasteiger partial charge in [0.25, 0.3) is 0 Å². The molecule has 2 aliphatic rings. The molecule has 0 spiro atoms. The second kappa shape index (κ2) is 8.49. The Morgan fingerprint density at radius 2 is 2.09 bits per heavy atom. The zero-order valence-corrected chi connectivity index (χ0v) is 19.5. The van der Waals surface area contributed by atoms with Gasteiger partial charge >= 0.3 is 0 Å². The molecular formula is C26H28N6O3. The molecule has 4 heterocycles. The fraction of sp³-hybridized carbons (Fsp3) is 0.385. The Labute approximate surface area is 207 Å². The van der Waals surface area contributed by atoms with Crippen molar-refractivity contribution in [3.8, 4) is 11.5 Å². The molecule has 1 amide bonds. The predicted molar refractivity (Wildman–Crippen MR) is 136 cm³/mol. The van der Waals surface area contributed by atoms with E-state index in [4.69, 9.17) is 18.3 Å². The Balaban J connectivity index is 1.40. The van der Waals surface area contributed by atoms with E-state index in [-0.39, 0.29) is 23.7 Å². The number of amides is 1. The Morgan fingerprint density at radius 1 is 1.20 bits per heavy atom. The molecule has 9 nitrogen and oxygen atoms in total. The van der Waals surface area contributed by atoms with Gasteiger partial charge in [-0.05, 0) is 43.5 Å². The monoisotopic (exact) mass is 475 g/mol. The number of nitrogens with one attached hydrogen (secondary N) is 2. The molecule has 3 atom stereocenters. The number of hydrogen-bond acceptors (Lipinski definition) is 8. The van der Waals surface area contributed by atoms with Gasteiger partial charge < -0.3 is 24.7 Å². The number of carbonyl (C=O) groups excluding carboxylic acids is 1. The number of pyridine rings is 2. The minimum atomic E-state index is -2.44. The van der Waals surface area contributed by atoms with Crippen molar-refractivity contribution in [3.05, 3.63) is 36.7 Å². The van der Waals surface area contributed by atoms with Crippen LogP contribution in [0.1, 0.15) is 24.4 Å². The molecule has 4 aromatic rings. The summed E-state index contributed by atoms with van der Waals surface area (Å²) in [6, 6.07) is 7.60. The van der Waals surface area contributed by atoms with Gasteiger partial charge in [-0.1, -0.05) is 6.92 Å². The third-order valence-corrected chi connectivity index (χ3v) is 6.80. The van der Waals surface area contributed by atoms with Crippen LogP contribution in [-0.2, 0) is 9.53 Å². The van der Waals surface area contributed by atoms with Crippen LogP contribution in [-0.4, -0.2) is 53.6 Å². The predicted octanol–water partition coefficient (Wildman–Crippen LogP) is 4.30. The van der Waals surface area contributed by atoms with Gasteiger partial charge in [0.05, 0.1) is 18.3 Å². The van der Waals surface area contributed by atoms with Crippen LogP contribution in [0, 0.1) is 11.8 Å². The number of fused-ring (bicyclic) bond motifs is 2. The Bertz CT molecular complexity index is 1540. The van der Waals surface area contributed by atoms with E-state index in [1.807, 2.05) is 25.1 Å². The highest BCUT2D eigenvalue weighted by molar-refractivity contribution is 6.03. The summed E-state index contributed by atoms with van der Waals surface area (Å²) in [4.78, 5) is 28.3. The lowest BCUT2D eigenvalue weighted by Gasteiger charge is -2.32. The highest BCUT2D eigenvalue weighted by Crippen LogP contribution is 2.39. The smallest absolute Gasteiger partial charge is 0.229 e. The lowest BCUT2D eigenvalue weighted by atomic mass is 10.1. The van der Waals surface area contributed by atoms with Crippen molar-refractivity contribution in [1.82, 2.24) is 15.0 Å². The van der Waals surface area contributed by atoms with Crippen LogP contribution in [0.5, 0.6) is 0 Å². The first-order valence-electron chi connectivity index (χ1n) is 13.3. The van der Waals surface area contributed by atoms with E-state index in [9.17, 15) is 4.79 Å². The molecule has 1 aliphatic carbocycles. The number of ether oxygens (including phenoxy) is 1. The summed E-state index contributed by atoms with van der Waals surface area (Å²) in [7, 11) is 0. The molecule has 1 aliphatic heterocycles. The average molecular weight is 476 g/mol. The number of benzene rings is 1. The largest absolute Gasteiger partial charge is 0.436 e. The quantitative estimate of drug-likeness (QED) is 0.440. The van der Waals surface area contributed by atoms with E-state index in [1.54, 1.807) is 6.07 Å². The van der Waals surface area contributed by atoms with Crippen molar-refractivity contribution in [2.75, 3.05) is 42.2 Å². The summed E-state index contributed by atoms with van der Waals surface area (Å²) < 4.78 is 34.6. The lowest BCUT2D eigenvalue weighted by molar-refractivity contribution is -0.117. The average Bonchev–Trinajstić information content (AvgIpc) is 3.45. The molecule has 1 aromatic carbocycles. The first-order chi connectivity index (χ1) is 18.1. The van der Waals surface area contributed by atoms with Gasteiger partial charge in [-0.25, -0.2) is 15.0 Å². The van der Waals surface area contributed by atoms with Gasteiger partial charge in [0, 0.05) is 58.9 Å². The van der Waals surface area contributed by atoms with Crippen LogP contribution in [0.25, 0.3) is 33.3 Å². The molecule has 35 heavy (non-hydrogen) atoms. The molecule has 180 valence electrons. The molecule has 2 fully saturated rings. The van der Waals surface area contributed by atoms with Crippen LogP contribution < -0.4 is 15.5 Å². The molecule has 0 radical (unpaired) electrons. The van der Waals surface area contributed by atoms with E-state index in [2.05, 4.69) is 32.4 Å². The van der Waals surface area contributed by atoms with E-state index in [1.165, 1.54) is 12.4 Å². The Kier molecular flexibility index (Phi) is 4.51. The number of carbonyl (C=O) groups is 1. The number of hydrogen-bond donors (Lipinski definition) is 2. The first kappa shape index (κ1) is 18.6. The summed E-state index contributed by atoms with van der Waals surface area (Å²) in [6.45, 7) is 3.91. The highest BCUT2D eigenvalue weighted by atomic mass is 16.5. The van der Waals surface area contributed by atoms with Crippen LogP contribution in [0.3, 0.4) is 0 Å². The summed E-state index contributed by atoms with van der Waals surface area (Å²) in [5, 5.41) is 6.42. The number of nitrogens with zero attached hydrogens (tertiary/aromatic N) is 4. The van der Waals surface area contributed by atoms with E-state index >= 15 is 0 Å². The van der Waals surface area contributed by atoms with Crippen molar-refractivity contribution < 1.29 is 18.1 Å². The van der Waals surface area contributed by atoms with Gasteiger partial charge in [0.15, 0.2) is 5.58 Å². The van der Waals surface area contributed by atoms with Gasteiger partial charge in [0.2, 0.25) is 11.8 Å². The highest BCUT2D eigenvalue weighted by Gasteiger charge is 2.39. The Hall–Kier alpha value is -3.72. The maximum absolute atomic E-state index is 12.5. The maximum atomic E-state index is 12.5. The van der Waals surface area contributed by atoms with E-state index < -0.39 is 6.98 Å². The minimum Gasteiger partial charge on any atom is -0.436 e. The van der Waals surface area contributed by atoms with Crippen LogP contribution >= 0.6 is 0 Å². The summed E-state index contributed by atoms with van der Waals surface area (Å²) in [5.74, 6) is 1.13. The second-order valence-corrected chi connectivity index (χ2v) is 9.37. The molecule has 3 aromatic heterocycles. The third kappa shape index (κ3) is 4.05. The molecular weight excluding hydrogens is 444 g/mol. The molecule has 1 saturated carbocycles. The maximum Gasteiger partial charge on any atom is 0.229 e. The van der Waals surface area contributed by atoms with Crippen molar-refractivity contribution >= 4 is 45.1 Å². The van der Waals surface area contributed by atoms with E-state index in [0.29, 0.717) is 51.7 Å². The van der Waals surface area contributed by atoms with Crippen LogP contribution in [0.2, 0.25) is 0 Å². The van der Waals surface area contributed by atoms with Crippen molar-refractivity contribution in [1.29, 1.82) is 0 Å². The zero-order valence-electron chi connectivity index (χ0n) is 22.5. The Morgan fingerprint density at radius 3 is 2.89 bits per heavy atom. The van der Waals surface area contributed by atoms with Crippen LogP contribution in [0.4, 0.5) is 17.3 Å². The van der Waals surface area contributed by atoms with Gasteiger partial charge in [-0.3, -0.25) is 4.79 Å². The SMILES string of the molecule is [2H]C([2H])([2H])Nc1ncc(-c2nc3cc(N4CCO[C@H](C)C4)ccc3o2)c2cc(NC(=O)C3CC3C)ncc12. The zero-order chi connectivity index (χ0) is 26.6. The molecule has 0 bridgehead atoms. The number of anilines is 3. The van der Waals surface area contributed by atoms with Gasteiger partial charge in [-0.2, -0.15) is 0 Å². The molecule has 2 N–H and O–H groups in total. The molecule has 2 unspecified atom stereocenters. The van der Waals surface area contributed by atoms with Gasteiger partial charge in [-0.15, -0.1) is 0 Å².